The van der Waals surface area contributed by atoms with Crippen molar-refractivity contribution in [2.45, 2.75) is 95.7 Å². The van der Waals surface area contributed by atoms with E-state index < -0.39 is 11.7 Å². The number of carboxylic acid groups (broad SMARTS) is 1. The molecule has 0 spiro atoms. The van der Waals surface area contributed by atoms with Crippen LogP contribution in [0.3, 0.4) is 0 Å². The van der Waals surface area contributed by atoms with Crippen LogP contribution in [0.5, 0.6) is 5.75 Å². The van der Waals surface area contributed by atoms with Gasteiger partial charge in [-0.15, -0.1) is 0 Å². The van der Waals surface area contributed by atoms with Gasteiger partial charge in [0.2, 0.25) is 5.91 Å². The molecule has 1 atom stereocenters. The molecular formula is C37H50N4O5. The summed E-state index contributed by atoms with van der Waals surface area (Å²) in [6.45, 7) is 7.04. The predicted molar refractivity (Wildman–Crippen MR) is 178 cm³/mol. The molecule has 0 radical (unpaired) electrons. The van der Waals surface area contributed by atoms with E-state index >= 15 is 0 Å². The number of carbonyl (C=O) groups excluding carboxylic acids is 2. The van der Waals surface area contributed by atoms with Crippen molar-refractivity contribution < 1.29 is 24.2 Å². The molecule has 2 saturated carbocycles. The van der Waals surface area contributed by atoms with Crippen molar-refractivity contribution in [1.29, 1.82) is 0 Å². The van der Waals surface area contributed by atoms with Gasteiger partial charge in [-0.3, -0.25) is 9.59 Å². The maximum absolute atomic E-state index is 14.0. The summed E-state index contributed by atoms with van der Waals surface area (Å²) in [5, 5.41) is 9.23. The number of hydrogen-bond acceptors (Lipinski definition) is 5. The van der Waals surface area contributed by atoms with Gasteiger partial charge in [0, 0.05) is 63.6 Å². The molecular weight excluding hydrogens is 580 g/mol. The van der Waals surface area contributed by atoms with E-state index in [1.807, 2.05) is 24.3 Å². The van der Waals surface area contributed by atoms with E-state index in [9.17, 15) is 19.5 Å². The van der Waals surface area contributed by atoms with Crippen LogP contribution in [0, 0.1) is 5.92 Å². The highest BCUT2D eigenvalue weighted by Crippen LogP contribution is 2.35. The fraction of sp³-hybridized carbons (Fsp3) is 0.595. The Kier molecular flexibility index (Phi) is 9.76. The Morgan fingerprint density at radius 2 is 1.54 bits per heavy atom. The van der Waals surface area contributed by atoms with Crippen molar-refractivity contribution in [3.05, 3.63) is 59.7 Å². The molecule has 3 amide bonds. The lowest BCUT2D eigenvalue weighted by Gasteiger charge is -2.38. The zero-order valence-corrected chi connectivity index (χ0v) is 27.5. The number of piperidine rings is 1. The number of amides is 3. The van der Waals surface area contributed by atoms with Crippen LogP contribution in [-0.2, 0) is 16.1 Å². The first-order chi connectivity index (χ1) is 22.2. The zero-order chi connectivity index (χ0) is 32.3. The third-order valence-corrected chi connectivity index (χ3v) is 10.4. The van der Waals surface area contributed by atoms with Crippen LogP contribution in [0.15, 0.2) is 48.5 Å². The molecule has 2 aromatic carbocycles. The summed E-state index contributed by atoms with van der Waals surface area (Å²) in [5.41, 5.74) is 2.56. The Labute approximate surface area is 273 Å². The minimum absolute atomic E-state index is 0.0528. The highest BCUT2D eigenvalue weighted by atomic mass is 16.5. The molecule has 248 valence electrons. The number of ether oxygens (including phenoxy) is 1. The van der Waals surface area contributed by atoms with Crippen LogP contribution in [0.2, 0.25) is 0 Å². The average Bonchev–Trinajstić information content (AvgIpc) is 3.93. The molecule has 2 heterocycles. The van der Waals surface area contributed by atoms with Crippen molar-refractivity contribution in [3.8, 4) is 5.75 Å². The Hall–Kier alpha value is -3.75. The van der Waals surface area contributed by atoms with E-state index in [0.29, 0.717) is 57.0 Å². The molecule has 6 rings (SSSR count). The standard InChI is InChI=1S/C37H50N4O5/c1-37(2,35(43)38-20-22-39(23-21-38)36(44)45)46-33-12-6-11-32(24-33)40-19-7-10-30(26-40)34(42)41(31-17-18-31)25-27-13-15-29(16-14-27)28-8-4-3-5-9-28/h6,11-16,24,28,30-31H,3-5,7-10,17-23,25-26H2,1-2H3,(H,44,45). The first kappa shape index (κ1) is 32.2. The van der Waals surface area contributed by atoms with Crippen molar-refractivity contribution in [2.24, 2.45) is 5.92 Å². The van der Waals surface area contributed by atoms with E-state index in [4.69, 9.17) is 4.74 Å². The highest BCUT2D eigenvalue weighted by Gasteiger charge is 2.38. The number of rotatable bonds is 9. The summed E-state index contributed by atoms with van der Waals surface area (Å²) in [6, 6.07) is 17.3. The number of nitrogens with zero attached hydrogens (tertiary/aromatic N) is 4. The first-order valence-corrected chi connectivity index (χ1v) is 17.4. The summed E-state index contributed by atoms with van der Waals surface area (Å²) < 4.78 is 6.27. The normalized spacial score (nSPS) is 21.2. The molecule has 1 unspecified atom stereocenters. The number of carbonyl (C=O) groups is 3. The van der Waals surface area contributed by atoms with Gasteiger partial charge in [-0.1, -0.05) is 49.6 Å². The lowest BCUT2D eigenvalue weighted by atomic mass is 9.84. The van der Waals surface area contributed by atoms with E-state index in [2.05, 4.69) is 34.1 Å². The maximum Gasteiger partial charge on any atom is 0.407 e. The summed E-state index contributed by atoms with van der Waals surface area (Å²) >= 11 is 0. The average molecular weight is 631 g/mol. The second-order valence-electron chi connectivity index (χ2n) is 14.2. The van der Waals surface area contributed by atoms with Crippen molar-refractivity contribution in [3.63, 3.8) is 0 Å². The molecule has 0 bridgehead atoms. The lowest BCUT2D eigenvalue weighted by molar-refractivity contribution is -0.147. The predicted octanol–water partition coefficient (Wildman–Crippen LogP) is 6.12. The van der Waals surface area contributed by atoms with Crippen LogP contribution in [0.25, 0.3) is 0 Å². The van der Waals surface area contributed by atoms with E-state index in [-0.39, 0.29) is 17.7 Å². The summed E-state index contributed by atoms with van der Waals surface area (Å²) in [7, 11) is 0. The number of anilines is 1. The fourth-order valence-electron chi connectivity index (χ4n) is 7.51. The number of hydrogen-bond donors (Lipinski definition) is 1. The van der Waals surface area contributed by atoms with Crippen LogP contribution in [0.1, 0.15) is 88.7 Å². The van der Waals surface area contributed by atoms with Gasteiger partial charge >= 0.3 is 6.09 Å². The van der Waals surface area contributed by atoms with Gasteiger partial charge in [0.25, 0.3) is 5.91 Å². The summed E-state index contributed by atoms with van der Waals surface area (Å²) in [4.78, 5) is 46.0. The third-order valence-electron chi connectivity index (χ3n) is 10.4. The van der Waals surface area contributed by atoms with Gasteiger partial charge < -0.3 is 29.4 Å². The molecule has 0 aromatic heterocycles. The van der Waals surface area contributed by atoms with Crippen molar-refractivity contribution in [1.82, 2.24) is 14.7 Å². The number of benzene rings is 2. The quantitative estimate of drug-likeness (QED) is 0.359. The minimum Gasteiger partial charge on any atom is -0.478 e. The van der Waals surface area contributed by atoms with Crippen LogP contribution in [-0.4, -0.2) is 88.6 Å². The van der Waals surface area contributed by atoms with Crippen LogP contribution < -0.4 is 9.64 Å². The van der Waals surface area contributed by atoms with Gasteiger partial charge in [0.1, 0.15) is 5.75 Å². The topological polar surface area (TPSA) is 93.6 Å². The SMILES string of the molecule is CC(C)(Oc1cccc(N2CCCC(C(=O)N(Cc3ccc(C4CCCCC4)cc3)C3CC3)C2)c1)C(=O)N1CCN(C(=O)O)CC1. The van der Waals surface area contributed by atoms with Gasteiger partial charge in [-0.25, -0.2) is 4.79 Å². The molecule has 46 heavy (non-hydrogen) atoms. The molecule has 9 nitrogen and oxygen atoms in total. The fourth-order valence-corrected chi connectivity index (χ4v) is 7.51. The molecule has 4 aliphatic rings. The van der Waals surface area contributed by atoms with E-state index in [0.717, 1.165) is 37.9 Å². The minimum atomic E-state index is -1.11. The summed E-state index contributed by atoms with van der Waals surface area (Å²) in [6.07, 6.45) is 9.68. The first-order valence-electron chi connectivity index (χ1n) is 17.4. The van der Waals surface area contributed by atoms with Gasteiger partial charge in [0.05, 0.1) is 5.92 Å². The Bertz CT molecular complexity index is 1380. The zero-order valence-electron chi connectivity index (χ0n) is 27.5. The van der Waals surface area contributed by atoms with Crippen molar-refractivity contribution >= 4 is 23.6 Å². The Balaban J connectivity index is 1.07. The molecule has 2 aliphatic carbocycles. The molecule has 2 saturated heterocycles. The molecule has 2 aliphatic heterocycles. The highest BCUT2D eigenvalue weighted by molar-refractivity contribution is 5.85. The van der Waals surface area contributed by atoms with Crippen LogP contribution >= 0.6 is 0 Å². The molecule has 4 fully saturated rings. The van der Waals surface area contributed by atoms with Gasteiger partial charge in [-0.2, -0.15) is 0 Å². The second kappa shape index (κ2) is 13.9. The monoisotopic (exact) mass is 630 g/mol. The Morgan fingerprint density at radius 3 is 2.22 bits per heavy atom. The van der Waals surface area contributed by atoms with E-state index in [1.165, 1.54) is 48.1 Å². The lowest BCUT2D eigenvalue weighted by Crippen LogP contribution is -2.56. The van der Waals surface area contributed by atoms with Crippen molar-refractivity contribution in [2.75, 3.05) is 44.2 Å². The largest absolute Gasteiger partial charge is 0.478 e. The molecule has 1 N–H and O–H groups in total. The van der Waals surface area contributed by atoms with E-state index in [1.54, 1.807) is 18.7 Å². The second-order valence-corrected chi connectivity index (χ2v) is 14.2. The van der Waals surface area contributed by atoms with Crippen LogP contribution in [0.4, 0.5) is 10.5 Å². The Morgan fingerprint density at radius 1 is 0.848 bits per heavy atom. The third kappa shape index (κ3) is 7.61. The van der Waals surface area contributed by atoms with Gasteiger partial charge in [-0.05, 0) is 81.5 Å². The maximum atomic E-state index is 14.0. The molecule has 2 aromatic rings. The number of piperazine rings is 1. The molecule has 9 heteroatoms. The summed E-state index contributed by atoms with van der Waals surface area (Å²) in [5.74, 6) is 1.35. The van der Waals surface area contributed by atoms with Gasteiger partial charge in [0.15, 0.2) is 5.60 Å². The smallest absolute Gasteiger partial charge is 0.407 e.